The van der Waals surface area contributed by atoms with Crippen LogP contribution in [0.1, 0.15) is 77.9 Å². The fourth-order valence-electron chi connectivity index (χ4n) is 2.02. The Hall–Kier alpha value is -2.78. The van der Waals surface area contributed by atoms with Crippen molar-refractivity contribution in [3.05, 3.63) is 58.4 Å². The maximum atomic E-state index is 13.3. The van der Waals surface area contributed by atoms with Gasteiger partial charge in [-0.3, -0.25) is 4.79 Å². The van der Waals surface area contributed by atoms with Crippen molar-refractivity contribution in [2.24, 2.45) is 0 Å². The molecule has 0 unspecified atom stereocenters. The molecule has 0 spiro atoms. The Balaban J connectivity index is 2.10. The lowest BCUT2D eigenvalue weighted by atomic mass is 9.96. The lowest BCUT2D eigenvalue weighted by Crippen LogP contribution is -2.45. The predicted octanol–water partition coefficient (Wildman–Crippen LogP) is 3.64. The molecule has 3 N–H and O–H groups in total. The van der Waals surface area contributed by atoms with Gasteiger partial charge < -0.3 is 15.4 Å². The SMILES string of the molecule is [2H]c1c([2H])c(OC)c(C(=O)NC([2H])([2H])C([2H])([2H])c2c([2H])c([2H])c(S(=O)(=O)NC(=O)NC3([2H])C([2H])([2H])C([2H])([2H])C([2H])([2H])C([2H])([2H])C3([2H])[2H])c([2H])c2[2H])c([2H])c1Cl. The highest BCUT2D eigenvalue weighted by molar-refractivity contribution is 7.90. The minimum atomic E-state index is -5.81. The summed E-state index contributed by atoms with van der Waals surface area (Å²) in [5, 5.41) is 1.92. The summed E-state index contributed by atoms with van der Waals surface area (Å²) >= 11 is 5.84. The van der Waals surface area contributed by atoms with Gasteiger partial charge in [0.25, 0.3) is 15.9 Å². The van der Waals surface area contributed by atoms with Gasteiger partial charge in [-0.05, 0) is 54.9 Å². The van der Waals surface area contributed by atoms with Gasteiger partial charge in [-0.15, -0.1) is 0 Å². The van der Waals surface area contributed by atoms with E-state index in [9.17, 15) is 18.0 Å². The molecule has 3 rings (SSSR count). The van der Waals surface area contributed by atoms with Crippen LogP contribution in [-0.4, -0.2) is 40.0 Å². The highest BCUT2D eigenvalue weighted by Gasteiger charge is 2.21. The number of methoxy groups -OCH3 is 1. The quantitative estimate of drug-likeness (QED) is 0.496. The molecule has 0 heterocycles. The second-order valence-electron chi connectivity index (χ2n) is 5.57. The standard InChI is InChI=1S/C23H28ClN3O5S/c1-32-21-12-9-17(24)15-20(21)22(28)25-14-13-16-7-10-19(11-8-16)33(30,31)27-23(29)26-18-5-3-2-4-6-18/h7-12,15,18H,2-6,13-14H2,1H3,(H,25,28)(H2,26,27,29)/i2D2,3D2,4D2,5D2,6D2,7D,8D,9D,10D,11D,12D,13D2,14D2,15D,18D. The lowest BCUT2D eigenvalue weighted by Gasteiger charge is -2.22. The number of urea groups is 1. The Labute approximate surface area is 230 Å². The summed E-state index contributed by atoms with van der Waals surface area (Å²) in [4.78, 5) is 24.3. The van der Waals surface area contributed by atoms with Crippen LogP contribution < -0.4 is 20.1 Å². The number of carbonyl (C=O) groups is 2. The average molecular weight is 516 g/mol. The summed E-state index contributed by atoms with van der Waals surface area (Å²) in [6.45, 7) is -3.79. The van der Waals surface area contributed by atoms with E-state index in [1.54, 1.807) is 0 Å². The average Bonchev–Trinajstić information content (AvgIpc) is 3.02. The zero-order valence-corrected chi connectivity index (χ0v) is 17.9. The van der Waals surface area contributed by atoms with Crippen molar-refractivity contribution >= 4 is 33.6 Å². The molecule has 0 radical (unpaired) electrons. The van der Waals surface area contributed by atoms with Crippen LogP contribution in [0.2, 0.25) is 5.02 Å². The van der Waals surface area contributed by atoms with Crippen LogP contribution in [0.3, 0.4) is 0 Å². The first-order valence-electron chi connectivity index (χ1n) is 19.5. The van der Waals surface area contributed by atoms with Crippen LogP contribution in [0.25, 0.3) is 0 Å². The molecule has 2 aromatic carbocycles. The highest BCUT2D eigenvalue weighted by Crippen LogP contribution is 2.22. The largest absolute Gasteiger partial charge is 0.496 e. The Morgan fingerprint density at radius 2 is 1.91 bits per heavy atom. The number of hydrogen-bond acceptors (Lipinski definition) is 5. The molecule has 1 saturated carbocycles. The van der Waals surface area contributed by atoms with Crippen molar-refractivity contribution in [2.75, 3.05) is 13.6 Å². The molecule has 0 bridgehead atoms. The summed E-state index contributed by atoms with van der Waals surface area (Å²) in [7, 11) is -4.89. The number of carbonyl (C=O) groups excluding carboxylic acids is 2. The third kappa shape index (κ3) is 7.10. The molecule has 0 saturated heterocycles. The van der Waals surface area contributed by atoms with Gasteiger partial charge in [0, 0.05) is 36.7 Å². The minimum Gasteiger partial charge on any atom is -0.496 e. The van der Waals surface area contributed by atoms with E-state index in [4.69, 9.17) is 46.5 Å². The Kier molecular flexibility index (Phi) is 3.03. The van der Waals surface area contributed by atoms with Crippen LogP contribution in [0, 0.1) is 0 Å². The molecule has 178 valence electrons. The van der Waals surface area contributed by atoms with Crippen LogP contribution in [-0.2, 0) is 16.4 Å². The van der Waals surface area contributed by atoms with E-state index in [1.807, 2.05) is 0 Å². The van der Waals surface area contributed by atoms with Crippen molar-refractivity contribution in [3.8, 4) is 5.75 Å². The minimum absolute atomic E-state index is 0.753. The van der Waals surface area contributed by atoms with E-state index in [0.717, 1.165) is 17.1 Å². The van der Waals surface area contributed by atoms with Crippen molar-refractivity contribution in [1.29, 1.82) is 0 Å². The van der Waals surface area contributed by atoms with E-state index in [1.165, 1.54) is 5.32 Å². The molecule has 2 aromatic rings. The molecular weight excluding hydrogens is 466 g/mol. The van der Waals surface area contributed by atoms with Crippen LogP contribution in [0.5, 0.6) is 5.75 Å². The first-order chi connectivity index (χ1) is 24.3. The van der Waals surface area contributed by atoms with E-state index in [2.05, 4.69) is 0 Å². The fraction of sp³-hybridized carbons (Fsp3) is 0.391. The zero-order valence-electron chi connectivity index (χ0n) is 38.3. The molecule has 0 aromatic heterocycles. The normalized spacial score (nSPS) is 33.5. The fourth-order valence-corrected chi connectivity index (χ4v) is 2.93. The van der Waals surface area contributed by atoms with E-state index < -0.39 is 142 Å². The van der Waals surface area contributed by atoms with E-state index in [0.29, 0.717) is 0 Å². The first-order valence-corrected chi connectivity index (χ1v) is 10.3. The Morgan fingerprint density at radius 3 is 2.58 bits per heavy atom. The van der Waals surface area contributed by atoms with Crippen LogP contribution in [0.4, 0.5) is 4.79 Å². The third-order valence-corrected chi connectivity index (χ3v) is 4.76. The van der Waals surface area contributed by atoms with E-state index in [-0.39, 0.29) is 0 Å². The molecule has 0 aliphatic heterocycles. The van der Waals surface area contributed by atoms with Gasteiger partial charge in [-0.2, -0.15) is 0 Å². The number of amides is 3. The van der Waals surface area contributed by atoms with Crippen molar-refractivity contribution in [1.82, 2.24) is 15.4 Å². The molecule has 10 heteroatoms. The maximum Gasteiger partial charge on any atom is 0.328 e. The molecule has 1 aliphatic carbocycles. The number of hydrogen-bond donors (Lipinski definition) is 3. The van der Waals surface area contributed by atoms with Gasteiger partial charge in [0.15, 0.2) is 0 Å². The van der Waals surface area contributed by atoms with Gasteiger partial charge in [-0.1, -0.05) is 42.8 Å². The second-order valence-corrected chi connectivity index (χ2v) is 7.56. The molecule has 3 amide bonds. The first kappa shape index (κ1) is 8.78. The molecule has 1 aliphatic rings. The number of benzene rings is 2. The van der Waals surface area contributed by atoms with Crippen molar-refractivity contribution in [2.45, 2.75) is 49.2 Å². The molecular formula is C23H28ClN3O5S. The third-order valence-electron chi connectivity index (χ3n) is 3.38. The summed E-state index contributed by atoms with van der Waals surface area (Å²) in [6, 6.07) is -15.7. The van der Waals surface area contributed by atoms with Crippen LogP contribution in [0.15, 0.2) is 47.2 Å². The molecule has 1 fully saturated rings. The van der Waals surface area contributed by atoms with Crippen molar-refractivity contribution in [3.63, 3.8) is 0 Å². The summed E-state index contributed by atoms with van der Waals surface area (Å²) in [5.41, 5.74) is -2.48. The maximum absolute atomic E-state index is 13.3. The van der Waals surface area contributed by atoms with E-state index >= 15 is 0 Å². The summed E-state index contributed by atoms with van der Waals surface area (Å²) in [6.07, 6.45) is -24.4. The number of halogens is 1. The number of ether oxygens (including phenoxy) is 1. The van der Waals surface area contributed by atoms with Gasteiger partial charge >= 0.3 is 6.03 Å². The van der Waals surface area contributed by atoms with Crippen molar-refractivity contribution < 1.29 is 52.9 Å². The monoisotopic (exact) mass is 515 g/mol. The molecule has 0 atom stereocenters. The van der Waals surface area contributed by atoms with Crippen LogP contribution >= 0.6 is 11.6 Å². The zero-order chi connectivity index (χ0) is 43.4. The smallest absolute Gasteiger partial charge is 0.328 e. The van der Waals surface area contributed by atoms with Gasteiger partial charge in [0.1, 0.15) is 5.75 Å². The lowest BCUT2D eigenvalue weighted by molar-refractivity contribution is 0.0951. The Morgan fingerprint density at radius 1 is 1.21 bits per heavy atom. The highest BCUT2D eigenvalue weighted by atomic mass is 35.5. The summed E-state index contributed by atoms with van der Waals surface area (Å²) in [5.74, 6) is -2.43. The molecule has 33 heavy (non-hydrogen) atoms. The van der Waals surface area contributed by atoms with Gasteiger partial charge in [0.2, 0.25) is 0 Å². The Bertz CT molecular complexity index is 2040. The topological polar surface area (TPSA) is 114 Å². The summed E-state index contributed by atoms with van der Waals surface area (Å²) < 4.78 is 211. The number of sulfonamides is 1. The number of nitrogens with one attached hydrogen (secondary N) is 3. The van der Waals surface area contributed by atoms with Gasteiger partial charge in [0.05, 0.1) is 28.5 Å². The molecule has 8 nitrogen and oxygen atoms in total. The number of rotatable bonds is 8. The second kappa shape index (κ2) is 11.4. The van der Waals surface area contributed by atoms with Gasteiger partial charge in [-0.25, -0.2) is 17.9 Å². The predicted molar refractivity (Wildman–Crippen MR) is 126 cm³/mol.